The van der Waals surface area contributed by atoms with Crippen LogP contribution in [0.4, 0.5) is 0 Å². The van der Waals surface area contributed by atoms with Gasteiger partial charge in [-0.15, -0.1) is 0 Å². The molecule has 0 spiro atoms. The first-order valence-electron chi connectivity index (χ1n) is 36.9. The fourth-order valence-corrected chi connectivity index (χ4v) is 10.6. The van der Waals surface area contributed by atoms with E-state index in [1.165, 1.54) is 41.5 Å². The van der Waals surface area contributed by atoms with Crippen LogP contribution in [0.2, 0.25) is 0 Å². The Morgan fingerprint density at radius 1 is 0.365 bits per heavy atom. The van der Waals surface area contributed by atoms with Gasteiger partial charge in [-0.2, -0.15) is 0 Å². The molecule has 19 amide bonds. The number of rotatable bonds is 55. The van der Waals surface area contributed by atoms with E-state index >= 15 is 0 Å². The normalized spacial score (nSPS) is 15.2. The summed E-state index contributed by atoms with van der Waals surface area (Å²) in [5.74, 6) is -24.1. The van der Waals surface area contributed by atoms with E-state index in [0.29, 0.717) is 24.9 Å². The molecule has 1 aromatic carbocycles. The number of aliphatic imine (C=N–C) groups is 1. The molecule has 46 heteroatoms. The van der Waals surface area contributed by atoms with Crippen LogP contribution in [-0.2, 0) is 97.5 Å². The fraction of sp³-hybridized carbons (Fsp3) is 0.623. The summed E-state index contributed by atoms with van der Waals surface area (Å²) in [5, 5.41) is 63.0. The molecular formula is C69H116N24O22. The second kappa shape index (κ2) is 51.8. The summed E-state index contributed by atoms with van der Waals surface area (Å²) in [6.45, 7) is 8.03. The summed E-state index contributed by atoms with van der Waals surface area (Å²) < 4.78 is 0. The number of aliphatic hydroxyl groups is 3. The highest BCUT2D eigenvalue weighted by atomic mass is 16.3. The molecule has 0 unspecified atom stereocenters. The van der Waals surface area contributed by atoms with E-state index in [1.54, 1.807) is 37.3 Å². The van der Waals surface area contributed by atoms with Crippen molar-refractivity contribution in [2.45, 2.75) is 223 Å². The van der Waals surface area contributed by atoms with Gasteiger partial charge < -0.3 is 141 Å². The van der Waals surface area contributed by atoms with E-state index in [9.17, 15) is 106 Å². The van der Waals surface area contributed by atoms with Crippen LogP contribution in [-0.4, -0.2) is 257 Å². The molecule has 0 aliphatic heterocycles. The highest BCUT2D eigenvalue weighted by Gasteiger charge is 2.40. The number of nitrogens with two attached hydrogens (primary N) is 9. The standard InChI is InChI=1S/C69H116N24O22/c1-9-33(6)53(68(115)87-42(26-49(74)99)60(107)84-41(25-48(73)98)61(108)89-45(29-95)64(111)91-51(31(2)3)66(113)85-40(24-36-16-11-10-12-17-36)59(106)82-38(54(76)101)19-15-23-79-69(77)78)93-62(109)43(27-50(75)100)86-67(114)52(32(4)5)92-65(112)46(30-96)90-63(110)44(28-94)88-56(103)35(8)80-55(102)34(7)81-58(105)39(20-21-47(72)97)83-57(104)37(71)18-13-14-22-70/h10-12,16-17,31-35,37-46,51-53,94-96H,9,13-15,18-30,70-71H2,1-8H3,(H2,72,97)(H2,73,98)(H2,74,99)(H2,75,100)(H2,76,101)(H,80,102)(H,81,105)(H,82,106)(H,83,104)(H,84,107)(H,85,113)(H,86,114)(H,87,115)(H,88,103)(H,89,108)(H,90,110)(H,91,111)(H,92,112)(H,93,109)(H4,77,78,79)/t33-,34-,35-,37-,38-,39-,40-,41-,42-,43-,44-,45-,46-,51-,52-,53-/m0/s1. The Hall–Kier alpha value is -11.8. The van der Waals surface area contributed by atoms with Crippen molar-refractivity contribution in [1.29, 1.82) is 0 Å². The van der Waals surface area contributed by atoms with Gasteiger partial charge in [0.15, 0.2) is 5.96 Å². The van der Waals surface area contributed by atoms with Crippen molar-refractivity contribution in [3.8, 4) is 0 Å². The van der Waals surface area contributed by atoms with Crippen molar-refractivity contribution in [1.82, 2.24) is 74.4 Å². The second-order valence-electron chi connectivity index (χ2n) is 27.8. The molecule has 1 aromatic rings. The number of primary amides is 5. The van der Waals surface area contributed by atoms with E-state index in [2.05, 4.69) is 79.4 Å². The van der Waals surface area contributed by atoms with E-state index in [4.69, 9.17) is 51.6 Å². The van der Waals surface area contributed by atoms with Crippen molar-refractivity contribution in [3.63, 3.8) is 0 Å². The molecule has 0 bridgehead atoms. The highest BCUT2D eigenvalue weighted by molar-refractivity contribution is 6.02. The Kier molecular flexibility index (Phi) is 45.6. The van der Waals surface area contributed by atoms with Gasteiger partial charge in [0.2, 0.25) is 112 Å². The third-order valence-corrected chi connectivity index (χ3v) is 17.5. The molecule has 46 nitrogen and oxygen atoms in total. The number of amides is 19. The summed E-state index contributed by atoms with van der Waals surface area (Å²) in [6.07, 6.45) is -2.26. The van der Waals surface area contributed by atoms with Crippen molar-refractivity contribution < 1.29 is 106 Å². The van der Waals surface area contributed by atoms with Crippen molar-refractivity contribution in [2.24, 2.45) is 74.3 Å². The van der Waals surface area contributed by atoms with Crippen LogP contribution in [0.3, 0.4) is 0 Å². The summed E-state index contributed by atoms with van der Waals surface area (Å²) in [6, 6.07) is -16.5. The first-order chi connectivity index (χ1) is 53.9. The zero-order valence-corrected chi connectivity index (χ0v) is 65.5. The number of hydrogen-bond acceptors (Lipinski definition) is 25. The number of nitrogens with zero attached hydrogens (tertiary/aromatic N) is 1. The van der Waals surface area contributed by atoms with E-state index in [-0.39, 0.29) is 57.5 Å². The molecule has 0 aliphatic rings. The Labute approximate surface area is 663 Å². The molecule has 0 aromatic heterocycles. The maximum absolute atomic E-state index is 14.3. The van der Waals surface area contributed by atoms with Crippen molar-refractivity contribution in [2.75, 3.05) is 32.9 Å². The predicted molar refractivity (Wildman–Crippen MR) is 409 cm³/mol. The topological polar surface area (TPSA) is 800 Å². The van der Waals surface area contributed by atoms with Crippen LogP contribution in [0.5, 0.6) is 0 Å². The van der Waals surface area contributed by atoms with Gasteiger partial charge in [-0.25, -0.2) is 0 Å². The molecule has 0 saturated carbocycles. The molecule has 0 saturated heterocycles. The van der Waals surface area contributed by atoms with Crippen LogP contribution in [0.15, 0.2) is 35.3 Å². The van der Waals surface area contributed by atoms with Gasteiger partial charge in [0.25, 0.3) is 0 Å². The maximum Gasteiger partial charge on any atom is 0.245 e. The number of benzene rings is 1. The molecule has 0 radical (unpaired) electrons. The number of hydrogen-bond donors (Lipinski definition) is 26. The Morgan fingerprint density at radius 3 is 1.12 bits per heavy atom. The van der Waals surface area contributed by atoms with Crippen LogP contribution in [0.1, 0.15) is 132 Å². The Balaban J connectivity index is 3.38. The zero-order valence-electron chi connectivity index (χ0n) is 65.5. The lowest BCUT2D eigenvalue weighted by Crippen LogP contribution is -2.63. The van der Waals surface area contributed by atoms with Crippen LogP contribution in [0.25, 0.3) is 0 Å². The van der Waals surface area contributed by atoms with Crippen LogP contribution >= 0.6 is 0 Å². The average Bonchev–Trinajstić information content (AvgIpc) is 0.848. The molecular weight excluding hydrogens is 1520 g/mol. The first-order valence-corrected chi connectivity index (χ1v) is 36.9. The fourth-order valence-electron chi connectivity index (χ4n) is 10.6. The minimum Gasteiger partial charge on any atom is -0.394 e. The van der Waals surface area contributed by atoms with Gasteiger partial charge in [0.1, 0.15) is 84.6 Å². The van der Waals surface area contributed by atoms with E-state index in [0.717, 1.165) is 6.92 Å². The van der Waals surface area contributed by atoms with Crippen LogP contribution < -0.4 is 126 Å². The lowest BCUT2D eigenvalue weighted by molar-refractivity contribution is -0.138. The second-order valence-corrected chi connectivity index (χ2v) is 27.8. The average molecular weight is 1630 g/mol. The maximum atomic E-state index is 14.3. The van der Waals surface area contributed by atoms with Gasteiger partial charge >= 0.3 is 0 Å². The number of aliphatic hydroxyl groups excluding tert-OH is 3. The van der Waals surface area contributed by atoms with Crippen molar-refractivity contribution >= 4 is 118 Å². The lowest BCUT2D eigenvalue weighted by atomic mass is 9.96. The largest absolute Gasteiger partial charge is 0.394 e. The third kappa shape index (κ3) is 37.6. The molecule has 16 atom stereocenters. The first kappa shape index (κ1) is 101. The number of nitrogens with one attached hydrogen (secondary N) is 14. The number of carbonyl (C=O) groups excluding carboxylic acids is 19. The number of unbranched alkanes of at least 4 members (excludes halogenated alkanes) is 1. The minimum absolute atomic E-state index is 0.00363. The molecule has 0 aliphatic carbocycles. The minimum atomic E-state index is -2.07. The summed E-state index contributed by atoms with van der Waals surface area (Å²) in [7, 11) is 0. The SMILES string of the molecule is CC[C@H](C)[C@H](NC(=O)[C@H](CC(N)=O)NC(=O)[C@@H](NC(=O)[C@H](CO)NC(=O)[C@H](CO)NC(=O)[C@H](C)NC(=O)[C@H](C)NC(=O)[C@H](CCC(N)=O)NC(=O)[C@@H](N)CCCCN)C(C)C)C(=O)N[C@@H](CC(N)=O)C(=O)N[C@@H](CC(N)=O)C(=O)N[C@@H](CO)C(=O)N[C@H](C(=O)N[C@@H](Cc1ccccc1)C(=O)N[C@@H](CCCN=C(N)N)C(N)=O)C(C)C. The quantitative estimate of drug-likeness (QED) is 0.0164. The monoisotopic (exact) mass is 1630 g/mol. The summed E-state index contributed by atoms with van der Waals surface area (Å²) in [4.78, 5) is 257. The van der Waals surface area contributed by atoms with Gasteiger partial charge in [0, 0.05) is 19.4 Å². The van der Waals surface area contributed by atoms with Gasteiger partial charge in [-0.05, 0) is 75.8 Å². The molecule has 1 rings (SSSR count). The van der Waals surface area contributed by atoms with Crippen LogP contribution in [0, 0.1) is 17.8 Å². The van der Waals surface area contributed by atoms with Gasteiger partial charge in [-0.1, -0.05) is 84.7 Å². The predicted octanol–water partition coefficient (Wildman–Crippen LogP) is -12.7. The zero-order chi connectivity index (χ0) is 87.7. The van der Waals surface area contributed by atoms with E-state index < -0.39 is 260 Å². The van der Waals surface area contributed by atoms with E-state index in [1.807, 2.05) is 0 Å². The smallest absolute Gasteiger partial charge is 0.245 e. The summed E-state index contributed by atoms with van der Waals surface area (Å²) in [5.41, 5.74) is 50.0. The Bertz CT molecular complexity index is 3570. The molecule has 35 N–H and O–H groups in total. The highest BCUT2D eigenvalue weighted by Crippen LogP contribution is 2.14. The van der Waals surface area contributed by atoms with Crippen molar-refractivity contribution in [3.05, 3.63) is 35.9 Å². The summed E-state index contributed by atoms with van der Waals surface area (Å²) >= 11 is 0. The number of carbonyl (C=O) groups is 19. The lowest BCUT2D eigenvalue weighted by Gasteiger charge is -2.30. The molecule has 0 heterocycles. The molecule has 644 valence electrons. The third-order valence-electron chi connectivity index (χ3n) is 17.5. The molecule has 115 heavy (non-hydrogen) atoms. The van der Waals surface area contributed by atoms with Gasteiger partial charge in [-0.3, -0.25) is 96.1 Å². The number of guanidine groups is 1. The van der Waals surface area contributed by atoms with Gasteiger partial charge in [0.05, 0.1) is 45.1 Å². The Morgan fingerprint density at radius 2 is 0.713 bits per heavy atom. The molecule has 0 fully saturated rings.